The van der Waals surface area contributed by atoms with Crippen molar-refractivity contribution < 1.29 is 9.53 Å². The number of benzene rings is 1. The smallest absolute Gasteiger partial charge is 0.219 e. The average Bonchev–Trinajstić information content (AvgIpc) is 2.99. The van der Waals surface area contributed by atoms with Gasteiger partial charge in [0.25, 0.3) is 0 Å². The van der Waals surface area contributed by atoms with E-state index < -0.39 is 0 Å². The molecule has 2 aliphatic rings. The zero-order valence-electron chi connectivity index (χ0n) is 17.7. The number of carbonyl (C=O) groups is 1. The van der Waals surface area contributed by atoms with Crippen LogP contribution in [-0.2, 0) is 24.3 Å². The van der Waals surface area contributed by atoms with Crippen molar-refractivity contribution in [3.05, 3.63) is 41.0 Å². The molecule has 0 bridgehead atoms. The summed E-state index contributed by atoms with van der Waals surface area (Å²) in [5.41, 5.74) is 2.44. The van der Waals surface area contributed by atoms with Crippen LogP contribution in [0.4, 0.5) is 0 Å². The number of para-hydroxylation sites is 1. The van der Waals surface area contributed by atoms with Gasteiger partial charge in [-0.2, -0.15) is 0 Å². The number of carbonyl (C=O) groups excluding carboxylic acids is 1. The highest BCUT2D eigenvalue weighted by atomic mass is 16.5. The van der Waals surface area contributed by atoms with Gasteiger partial charge in [-0.3, -0.25) is 9.69 Å². The summed E-state index contributed by atoms with van der Waals surface area (Å²) in [4.78, 5) is 16.1. The molecule has 2 aromatic rings. The molecule has 7 heteroatoms. The van der Waals surface area contributed by atoms with E-state index in [-0.39, 0.29) is 5.91 Å². The number of aryl methyl sites for hydroxylation is 1. The molecular formula is C22H31N5O2. The normalized spacial score (nSPS) is 18.4. The lowest BCUT2D eigenvalue weighted by molar-refractivity contribution is -0.128. The number of hydrogen-bond donors (Lipinski definition) is 0. The maximum Gasteiger partial charge on any atom is 0.219 e. The minimum atomic E-state index is 0.144. The molecule has 0 aliphatic carbocycles. The molecule has 1 amide bonds. The fourth-order valence-electron chi connectivity index (χ4n) is 4.68. The van der Waals surface area contributed by atoms with Gasteiger partial charge in [0.1, 0.15) is 17.4 Å². The lowest BCUT2D eigenvalue weighted by Crippen LogP contribution is -2.34. The molecule has 0 unspecified atom stereocenters. The van der Waals surface area contributed by atoms with Crippen LogP contribution in [0.5, 0.6) is 5.75 Å². The maximum atomic E-state index is 11.7. The van der Waals surface area contributed by atoms with E-state index >= 15 is 0 Å². The Morgan fingerprint density at radius 3 is 2.66 bits per heavy atom. The van der Waals surface area contributed by atoms with Crippen molar-refractivity contribution in [3.8, 4) is 5.75 Å². The zero-order chi connectivity index (χ0) is 20.4. The average molecular weight is 398 g/mol. The second-order valence-corrected chi connectivity index (χ2v) is 8.20. The van der Waals surface area contributed by atoms with E-state index in [4.69, 9.17) is 4.74 Å². The van der Waals surface area contributed by atoms with Crippen LogP contribution < -0.4 is 4.74 Å². The molecule has 0 saturated carbocycles. The van der Waals surface area contributed by atoms with Crippen molar-refractivity contribution in [1.29, 1.82) is 0 Å². The number of hydrogen-bond acceptors (Lipinski definition) is 5. The number of methoxy groups -OCH3 is 1. The molecule has 2 aliphatic heterocycles. The molecule has 1 saturated heterocycles. The quantitative estimate of drug-likeness (QED) is 0.793. The molecular weight excluding hydrogens is 366 g/mol. The first-order chi connectivity index (χ1) is 14.1. The van der Waals surface area contributed by atoms with Gasteiger partial charge in [-0.05, 0) is 38.4 Å². The number of nitrogens with zero attached hydrogens (tertiary/aromatic N) is 5. The van der Waals surface area contributed by atoms with Crippen molar-refractivity contribution >= 4 is 5.91 Å². The van der Waals surface area contributed by atoms with Crippen LogP contribution in [0.2, 0.25) is 0 Å². The summed E-state index contributed by atoms with van der Waals surface area (Å²) in [5, 5.41) is 9.00. The van der Waals surface area contributed by atoms with Crippen molar-refractivity contribution in [3.63, 3.8) is 0 Å². The van der Waals surface area contributed by atoms with E-state index in [0.717, 1.165) is 75.9 Å². The van der Waals surface area contributed by atoms with Crippen molar-refractivity contribution in [2.24, 2.45) is 0 Å². The molecule has 1 fully saturated rings. The van der Waals surface area contributed by atoms with Crippen LogP contribution in [0.15, 0.2) is 18.2 Å². The Labute approximate surface area is 172 Å². The molecule has 1 aromatic carbocycles. The van der Waals surface area contributed by atoms with E-state index in [2.05, 4.69) is 44.8 Å². The Kier molecular flexibility index (Phi) is 5.85. The van der Waals surface area contributed by atoms with E-state index in [1.165, 1.54) is 11.1 Å². The highest BCUT2D eigenvalue weighted by Gasteiger charge is 2.28. The fourth-order valence-corrected chi connectivity index (χ4v) is 4.68. The Bertz CT molecular complexity index is 870. The summed E-state index contributed by atoms with van der Waals surface area (Å²) in [6.45, 7) is 9.04. The molecule has 0 radical (unpaired) electrons. The van der Waals surface area contributed by atoms with Crippen molar-refractivity contribution in [2.45, 2.75) is 52.1 Å². The lowest BCUT2D eigenvalue weighted by Gasteiger charge is -2.32. The minimum Gasteiger partial charge on any atom is -0.496 e. The van der Waals surface area contributed by atoms with Gasteiger partial charge in [-0.15, -0.1) is 10.2 Å². The Morgan fingerprint density at radius 2 is 1.93 bits per heavy atom. The van der Waals surface area contributed by atoms with Gasteiger partial charge in [0, 0.05) is 51.0 Å². The summed E-state index contributed by atoms with van der Waals surface area (Å²) in [6.07, 6.45) is 2.96. The maximum absolute atomic E-state index is 11.7. The van der Waals surface area contributed by atoms with Crippen LogP contribution in [0, 0.1) is 6.92 Å². The van der Waals surface area contributed by atoms with Gasteiger partial charge in [0.2, 0.25) is 5.91 Å². The minimum absolute atomic E-state index is 0.144. The summed E-state index contributed by atoms with van der Waals surface area (Å²) >= 11 is 0. The second kappa shape index (κ2) is 8.53. The first-order valence-corrected chi connectivity index (χ1v) is 10.6. The fraction of sp³-hybridized carbons (Fsp3) is 0.591. The molecule has 0 spiro atoms. The summed E-state index contributed by atoms with van der Waals surface area (Å²) in [5.74, 6) is 3.72. The highest BCUT2D eigenvalue weighted by Crippen LogP contribution is 2.30. The number of amides is 1. The summed E-state index contributed by atoms with van der Waals surface area (Å²) in [7, 11) is 1.75. The van der Waals surface area contributed by atoms with E-state index in [0.29, 0.717) is 5.92 Å². The summed E-state index contributed by atoms with van der Waals surface area (Å²) < 4.78 is 7.89. The van der Waals surface area contributed by atoms with Gasteiger partial charge in [-0.1, -0.05) is 18.2 Å². The van der Waals surface area contributed by atoms with E-state index in [9.17, 15) is 4.79 Å². The van der Waals surface area contributed by atoms with E-state index in [1.54, 1.807) is 14.0 Å². The number of fused-ring (bicyclic) bond motifs is 1. The van der Waals surface area contributed by atoms with Crippen LogP contribution in [-0.4, -0.2) is 63.8 Å². The molecule has 156 valence electrons. The molecule has 29 heavy (non-hydrogen) atoms. The van der Waals surface area contributed by atoms with Gasteiger partial charge < -0.3 is 14.2 Å². The third-order valence-electron chi connectivity index (χ3n) is 6.34. The molecule has 1 aromatic heterocycles. The number of ether oxygens (including phenoxy) is 1. The Hall–Kier alpha value is -2.41. The topological polar surface area (TPSA) is 63.5 Å². The first-order valence-electron chi connectivity index (χ1n) is 10.6. The first kappa shape index (κ1) is 19.9. The molecule has 7 nitrogen and oxygen atoms in total. The SMILES string of the molecule is COc1c(C)cccc1CN1CCC(c2nnc3n2CCN(C(C)=O)CC3)CC1. The third-order valence-corrected chi connectivity index (χ3v) is 6.34. The van der Waals surface area contributed by atoms with Gasteiger partial charge in [0.15, 0.2) is 0 Å². The van der Waals surface area contributed by atoms with E-state index in [1.807, 2.05) is 4.90 Å². The van der Waals surface area contributed by atoms with Gasteiger partial charge in [-0.25, -0.2) is 0 Å². The molecule has 0 N–H and O–H groups in total. The lowest BCUT2D eigenvalue weighted by atomic mass is 9.95. The highest BCUT2D eigenvalue weighted by molar-refractivity contribution is 5.73. The monoisotopic (exact) mass is 397 g/mol. The van der Waals surface area contributed by atoms with Crippen LogP contribution in [0.3, 0.4) is 0 Å². The predicted molar refractivity (Wildman–Crippen MR) is 111 cm³/mol. The predicted octanol–water partition coefficient (Wildman–Crippen LogP) is 2.38. The number of aromatic nitrogens is 3. The second-order valence-electron chi connectivity index (χ2n) is 8.20. The number of piperidine rings is 1. The Balaban J connectivity index is 1.40. The van der Waals surface area contributed by atoms with Crippen molar-refractivity contribution in [1.82, 2.24) is 24.6 Å². The molecule has 4 rings (SSSR count). The molecule has 3 heterocycles. The standard InChI is InChI=1S/C22H31N5O2/c1-16-5-4-6-19(21(16)29-3)15-25-10-7-18(8-11-25)22-24-23-20-9-12-26(17(2)28)13-14-27(20)22/h4-6,18H,7-15H2,1-3H3. The number of rotatable bonds is 4. The van der Waals surface area contributed by atoms with Gasteiger partial charge in [0.05, 0.1) is 7.11 Å². The van der Waals surface area contributed by atoms with Crippen LogP contribution in [0.25, 0.3) is 0 Å². The largest absolute Gasteiger partial charge is 0.496 e. The summed E-state index contributed by atoms with van der Waals surface area (Å²) in [6, 6.07) is 6.37. The Morgan fingerprint density at radius 1 is 1.14 bits per heavy atom. The third kappa shape index (κ3) is 4.15. The van der Waals surface area contributed by atoms with Crippen molar-refractivity contribution in [2.75, 3.05) is 33.3 Å². The number of likely N-dealkylation sites (tertiary alicyclic amines) is 1. The van der Waals surface area contributed by atoms with Gasteiger partial charge >= 0.3 is 0 Å². The molecule has 0 atom stereocenters. The van der Waals surface area contributed by atoms with Crippen LogP contribution >= 0.6 is 0 Å². The zero-order valence-corrected chi connectivity index (χ0v) is 17.7. The van der Waals surface area contributed by atoms with Crippen LogP contribution in [0.1, 0.15) is 48.5 Å².